The Morgan fingerprint density at radius 3 is 2.54 bits per heavy atom. The summed E-state index contributed by atoms with van der Waals surface area (Å²) >= 11 is 0. The molecule has 6 rings (SSSR count). The van der Waals surface area contributed by atoms with Crippen molar-refractivity contribution in [3.8, 4) is 11.1 Å². The predicted octanol–water partition coefficient (Wildman–Crippen LogP) is 5.86. The van der Waals surface area contributed by atoms with Gasteiger partial charge in [0, 0.05) is 45.5 Å². The number of fused-ring (bicyclic) bond motifs is 4. The fraction of sp³-hybridized carbons (Fsp3) is 0.100. The SMILES string of the molecule is NCCc1cn(Cc2cccc(C(N)=O)c2)c2ccc(-c3cccc4c3oc3ccccc34)cc12. The van der Waals surface area contributed by atoms with Crippen LogP contribution >= 0.6 is 0 Å². The van der Waals surface area contributed by atoms with Gasteiger partial charge in [0.15, 0.2) is 0 Å². The van der Waals surface area contributed by atoms with Gasteiger partial charge >= 0.3 is 0 Å². The molecule has 0 aliphatic carbocycles. The van der Waals surface area contributed by atoms with E-state index in [0.29, 0.717) is 18.7 Å². The van der Waals surface area contributed by atoms with Gasteiger partial charge in [-0.2, -0.15) is 0 Å². The number of benzene rings is 4. The number of nitrogens with zero attached hydrogens (tertiary/aromatic N) is 1. The van der Waals surface area contributed by atoms with E-state index in [2.05, 4.69) is 53.2 Å². The van der Waals surface area contributed by atoms with Gasteiger partial charge in [0.2, 0.25) is 5.91 Å². The second kappa shape index (κ2) is 8.46. The number of hydrogen-bond donors (Lipinski definition) is 2. The Kier molecular flexibility index (Phi) is 5.12. The Labute approximate surface area is 202 Å². The molecule has 0 spiro atoms. The molecule has 0 atom stereocenters. The van der Waals surface area contributed by atoms with Crippen LogP contribution in [-0.4, -0.2) is 17.0 Å². The second-order valence-electron chi connectivity index (χ2n) is 8.90. The third-order valence-electron chi connectivity index (χ3n) is 6.66. The first-order valence-corrected chi connectivity index (χ1v) is 11.7. The summed E-state index contributed by atoms with van der Waals surface area (Å²) in [4.78, 5) is 11.6. The van der Waals surface area contributed by atoms with Crippen molar-refractivity contribution in [2.75, 3.05) is 6.54 Å². The number of rotatable bonds is 6. The predicted molar refractivity (Wildman–Crippen MR) is 141 cm³/mol. The highest BCUT2D eigenvalue weighted by Crippen LogP contribution is 2.37. The number of nitrogens with two attached hydrogens (primary N) is 2. The zero-order chi connectivity index (χ0) is 23.9. The molecule has 0 unspecified atom stereocenters. The van der Waals surface area contributed by atoms with Crippen LogP contribution in [0.25, 0.3) is 44.0 Å². The van der Waals surface area contributed by atoms with Crippen LogP contribution in [0.2, 0.25) is 0 Å². The Morgan fingerprint density at radius 1 is 0.857 bits per heavy atom. The minimum absolute atomic E-state index is 0.419. The molecule has 0 saturated heterocycles. The minimum atomic E-state index is -0.419. The molecule has 2 aromatic heterocycles. The Balaban J connectivity index is 1.48. The molecular formula is C30H25N3O2. The molecule has 5 heteroatoms. The van der Waals surface area contributed by atoms with Gasteiger partial charge in [-0.05, 0) is 60.0 Å². The Hall–Kier alpha value is -4.35. The third-order valence-corrected chi connectivity index (χ3v) is 6.66. The number of amides is 1. The van der Waals surface area contributed by atoms with Crippen LogP contribution in [0.5, 0.6) is 0 Å². The van der Waals surface area contributed by atoms with Crippen molar-refractivity contribution in [2.45, 2.75) is 13.0 Å². The molecular weight excluding hydrogens is 434 g/mol. The minimum Gasteiger partial charge on any atom is -0.455 e. The van der Waals surface area contributed by atoms with E-state index < -0.39 is 5.91 Å². The molecule has 0 radical (unpaired) electrons. The fourth-order valence-corrected chi connectivity index (χ4v) is 5.02. The monoisotopic (exact) mass is 459 g/mol. The number of primary amides is 1. The van der Waals surface area contributed by atoms with Crippen molar-refractivity contribution in [1.82, 2.24) is 4.57 Å². The number of carbonyl (C=O) groups excluding carboxylic acids is 1. The first kappa shape index (κ1) is 21.2. The lowest BCUT2D eigenvalue weighted by atomic mass is 9.99. The van der Waals surface area contributed by atoms with E-state index in [0.717, 1.165) is 50.6 Å². The summed E-state index contributed by atoms with van der Waals surface area (Å²) in [5.74, 6) is -0.419. The second-order valence-corrected chi connectivity index (χ2v) is 8.90. The molecule has 2 heterocycles. The zero-order valence-corrected chi connectivity index (χ0v) is 19.2. The standard InChI is InChI=1S/C30H25N3O2/c31-14-13-22-18-33(17-19-5-3-6-21(15-19)30(32)34)27-12-11-20(16-26(22)27)23-8-4-9-25-24-7-1-2-10-28(24)35-29(23)25/h1-12,15-16,18H,13-14,17,31H2,(H2,32,34). The lowest BCUT2D eigenvalue weighted by molar-refractivity contribution is 0.1000. The lowest BCUT2D eigenvalue weighted by Gasteiger charge is -2.08. The van der Waals surface area contributed by atoms with Gasteiger partial charge in [-0.3, -0.25) is 4.79 Å². The average molecular weight is 460 g/mol. The maximum absolute atomic E-state index is 11.6. The molecule has 0 saturated carbocycles. The van der Waals surface area contributed by atoms with Gasteiger partial charge in [0.25, 0.3) is 0 Å². The number of aromatic nitrogens is 1. The number of furan rings is 1. The first-order chi connectivity index (χ1) is 17.1. The molecule has 0 aliphatic rings. The summed E-state index contributed by atoms with van der Waals surface area (Å²) in [6, 6.07) is 28.5. The van der Waals surface area contributed by atoms with Crippen molar-refractivity contribution in [2.24, 2.45) is 11.5 Å². The molecule has 4 aromatic carbocycles. The van der Waals surface area contributed by atoms with Gasteiger partial charge in [-0.25, -0.2) is 0 Å². The summed E-state index contributed by atoms with van der Waals surface area (Å²) in [6.07, 6.45) is 2.95. The third kappa shape index (κ3) is 3.66. The molecule has 0 bridgehead atoms. The van der Waals surface area contributed by atoms with E-state index in [1.54, 1.807) is 6.07 Å². The smallest absolute Gasteiger partial charge is 0.248 e. The number of carbonyl (C=O) groups is 1. The number of para-hydroxylation sites is 2. The quantitative estimate of drug-likeness (QED) is 0.327. The van der Waals surface area contributed by atoms with Crippen LogP contribution in [0.4, 0.5) is 0 Å². The zero-order valence-electron chi connectivity index (χ0n) is 19.2. The summed E-state index contributed by atoms with van der Waals surface area (Å²) in [5, 5.41) is 3.41. The van der Waals surface area contributed by atoms with Crippen LogP contribution < -0.4 is 11.5 Å². The maximum Gasteiger partial charge on any atom is 0.248 e. The summed E-state index contributed by atoms with van der Waals surface area (Å²) in [6.45, 7) is 1.21. The molecule has 4 N–H and O–H groups in total. The van der Waals surface area contributed by atoms with Crippen molar-refractivity contribution >= 4 is 38.7 Å². The van der Waals surface area contributed by atoms with Gasteiger partial charge in [-0.15, -0.1) is 0 Å². The molecule has 0 aliphatic heterocycles. The van der Waals surface area contributed by atoms with Gasteiger partial charge in [0.05, 0.1) is 0 Å². The highest BCUT2D eigenvalue weighted by atomic mass is 16.3. The average Bonchev–Trinajstić information content (AvgIpc) is 3.42. The van der Waals surface area contributed by atoms with Crippen LogP contribution in [-0.2, 0) is 13.0 Å². The topological polar surface area (TPSA) is 87.2 Å². The van der Waals surface area contributed by atoms with E-state index in [1.165, 1.54) is 10.9 Å². The van der Waals surface area contributed by atoms with Crippen molar-refractivity contribution < 1.29 is 9.21 Å². The van der Waals surface area contributed by atoms with Crippen molar-refractivity contribution in [3.05, 3.63) is 108 Å². The molecule has 0 fully saturated rings. The molecule has 172 valence electrons. The maximum atomic E-state index is 11.6. The van der Waals surface area contributed by atoms with Crippen molar-refractivity contribution in [3.63, 3.8) is 0 Å². The number of hydrogen-bond acceptors (Lipinski definition) is 3. The Bertz CT molecular complexity index is 1720. The Morgan fingerprint density at radius 2 is 1.69 bits per heavy atom. The fourth-order valence-electron chi connectivity index (χ4n) is 5.02. The molecule has 5 nitrogen and oxygen atoms in total. The van der Waals surface area contributed by atoms with Gasteiger partial charge in [0.1, 0.15) is 11.2 Å². The summed E-state index contributed by atoms with van der Waals surface area (Å²) in [5.41, 5.74) is 19.3. The van der Waals surface area contributed by atoms with Crippen LogP contribution in [0.1, 0.15) is 21.5 Å². The largest absolute Gasteiger partial charge is 0.455 e. The van der Waals surface area contributed by atoms with Crippen LogP contribution in [0, 0.1) is 0 Å². The van der Waals surface area contributed by atoms with Gasteiger partial charge in [-0.1, -0.05) is 54.6 Å². The summed E-state index contributed by atoms with van der Waals surface area (Å²) in [7, 11) is 0. The first-order valence-electron chi connectivity index (χ1n) is 11.7. The molecule has 35 heavy (non-hydrogen) atoms. The summed E-state index contributed by atoms with van der Waals surface area (Å²) < 4.78 is 8.49. The van der Waals surface area contributed by atoms with E-state index in [9.17, 15) is 4.79 Å². The highest BCUT2D eigenvalue weighted by molar-refractivity contribution is 6.10. The van der Waals surface area contributed by atoms with E-state index in [1.807, 2.05) is 36.4 Å². The van der Waals surface area contributed by atoms with E-state index in [-0.39, 0.29) is 0 Å². The van der Waals surface area contributed by atoms with E-state index in [4.69, 9.17) is 15.9 Å². The molecule has 1 amide bonds. The van der Waals surface area contributed by atoms with Crippen LogP contribution in [0.15, 0.2) is 95.5 Å². The van der Waals surface area contributed by atoms with Gasteiger partial charge < -0.3 is 20.5 Å². The van der Waals surface area contributed by atoms with Crippen LogP contribution in [0.3, 0.4) is 0 Å². The highest BCUT2D eigenvalue weighted by Gasteiger charge is 2.15. The molecule has 6 aromatic rings. The lowest BCUT2D eigenvalue weighted by Crippen LogP contribution is -2.11. The normalized spacial score (nSPS) is 11.6. The van der Waals surface area contributed by atoms with Crippen molar-refractivity contribution in [1.29, 1.82) is 0 Å². The van der Waals surface area contributed by atoms with E-state index >= 15 is 0 Å².